The summed E-state index contributed by atoms with van der Waals surface area (Å²) in [6.45, 7) is 24.9. The average molecular weight is 513 g/mol. The van der Waals surface area contributed by atoms with E-state index in [1.165, 1.54) is 0 Å². The van der Waals surface area contributed by atoms with Crippen molar-refractivity contribution in [2.24, 2.45) is 11.8 Å². The van der Waals surface area contributed by atoms with Gasteiger partial charge in [0.15, 0.2) is 16.6 Å². The highest BCUT2D eigenvalue weighted by molar-refractivity contribution is 6.74. The molecule has 0 bridgehead atoms. The first-order valence-electron chi connectivity index (χ1n) is 13.7. The molecule has 4 nitrogen and oxygen atoms in total. The van der Waals surface area contributed by atoms with Gasteiger partial charge in [-0.1, -0.05) is 60.8 Å². The second kappa shape index (κ2) is 12.8. The Balaban J connectivity index is 3.09. The van der Waals surface area contributed by atoms with Crippen LogP contribution in [0.3, 0.4) is 0 Å². The number of ketones is 1. The molecule has 1 saturated carbocycles. The first-order chi connectivity index (χ1) is 15.4. The van der Waals surface area contributed by atoms with Gasteiger partial charge in [-0.15, -0.1) is 0 Å². The van der Waals surface area contributed by atoms with Gasteiger partial charge < -0.3 is 18.4 Å². The minimum atomic E-state index is -1.93. The van der Waals surface area contributed by atoms with E-state index in [4.69, 9.17) is 8.85 Å². The van der Waals surface area contributed by atoms with Crippen LogP contribution in [0.5, 0.6) is 0 Å². The Kier molecular flexibility index (Phi) is 11.9. The van der Waals surface area contributed by atoms with E-state index in [2.05, 4.69) is 67.7 Å². The van der Waals surface area contributed by atoms with Gasteiger partial charge in [0.25, 0.3) is 0 Å². The number of unbranched alkanes of at least 4 members (excludes halogenated alkanes) is 3. The van der Waals surface area contributed by atoms with Crippen LogP contribution in [-0.4, -0.2) is 40.9 Å². The van der Waals surface area contributed by atoms with Crippen molar-refractivity contribution in [1.29, 1.82) is 0 Å². The van der Waals surface area contributed by atoms with Gasteiger partial charge in [0, 0.05) is 12.8 Å². The van der Waals surface area contributed by atoms with E-state index in [0.717, 1.165) is 51.2 Å². The summed E-state index contributed by atoms with van der Waals surface area (Å²) in [5.74, 6) is 1.11. The number of Topliss-reactive ketones (excluding diaryl/α,β-unsaturated/α-hetero) is 1. The SMILES string of the molecule is CC(=O)CCCCCC[C@H]1[C@@H](O[Si](C)(C)C(C)(C)C)CC(O[Si](C)(C)C(C)(C)C)[C@@H]1CCC=O. The van der Waals surface area contributed by atoms with Gasteiger partial charge >= 0.3 is 0 Å². The summed E-state index contributed by atoms with van der Waals surface area (Å²) in [5.41, 5.74) is 0. The number of hydrogen-bond acceptors (Lipinski definition) is 4. The Labute approximate surface area is 213 Å². The lowest BCUT2D eigenvalue weighted by molar-refractivity contribution is -0.117. The Bertz CT molecular complexity index is 646. The normalized spacial score (nSPS) is 24.4. The largest absolute Gasteiger partial charge is 0.414 e. The molecule has 0 spiro atoms. The monoisotopic (exact) mass is 512 g/mol. The Hall–Kier alpha value is -0.306. The highest BCUT2D eigenvalue weighted by Gasteiger charge is 2.50. The van der Waals surface area contributed by atoms with E-state index < -0.39 is 16.6 Å². The van der Waals surface area contributed by atoms with E-state index >= 15 is 0 Å². The lowest BCUT2D eigenvalue weighted by Crippen LogP contribution is -2.45. The Morgan fingerprint density at radius 2 is 1.24 bits per heavy atom. The molecule has 0 aromatic heterocycles. The van der Waals surface area contributed by atoms with Gasteiger partial charge in [0.1, 0.15) is 12.1 Å². The third-order valence-corrected chi connectivity index (χ3v) is 17.9. The molecule has 0 amide bonds. The molecule has 4 atom stereocenters. The molecule has 200 valence electrons. The van der Waals surface area contributed by atoms with Gasteiger partial charge in [-0.3, -0.25) is 0 Å². The first kappa shape index (κ1) is 31.7. The van der Waals surface area contributed by atoms with Crippen LogP contribution >= 0.6 is 0 Å². The standard InChI is InChI=1S/C28H56O4Si2/c1-22(30)17-14-12-13-15-18-23-24(19-16-20-29)26(32-34(10,11)28(5,6)7)21-25(23)31-33(8,9)27(2,3)4/h20,23-26H,12-19,21H2,1-11H3/t23-,24-,25+,26?/m1/s1. The summed E-state index contributed by atoms with van der Waals surface area (Å²) in [4.78, 5) is 22.6. The number of carbonyl (C=O) groups is 2. The zero-order chi connectivity index (χ0) is 26.4. The fourth-order valence-corrected chi connectivity index (χ4v) is 7.44. The number of carbonyl (C=O) groups excluding carboxylic acids is 2. The summed E-state index contributed by atoms with van der Waals surface area (Å²) >= 11 is 0. The molecule has 0 aliphatic heterocycles. The van der Waals surface area contributed by atoms with Crippen molar-refractivity contribution in [2.45, 2.75) is 155 Å². The van der Waals surface area contributed by atoms with Gasteiger partial charge in [-0.2, -0.15) is 0 Å². The molecule has 1 fully saturated rings. The van der Waals surface area contributed by atoms with Crippen LogP contribution in [0.4, 0.5) is 0 Å². The predicted octanol–water partition coefficient (Wildman–Crippen LogP) is 8.31. The lowest BCUT2D eigenvalue weighted by Gasteiger charge is -2.40. The summed E-state index contributed by atoms with van der Waals surface area (Å²) in [5, 5.41) is 0.327. The second-order valence-electron chi connectivity index (χ2n) is 13.8. The van der Waals surface area contributed by atoms with E-state index in [1.54, 1.807) is 6.92 Å². The number of hydrogen-bond donors (Lipinski definition) is 0. The van der Waals surface area contributed by atoms with Crippen molar-refractivity contribution in [3.8, 4) is 0 Å². The molecular weight excluding hydrogens is 456 g/mol. The second-order valence-corrected chi connectivity index (χ2v) is 23.3. The van der Waals surface area contributed by atoms with Crippen molar-refractivity contribution in [3.05, 3.63) is 0 Å². The molecule has 0 aromatic rings. The lowest BCUT2D eigenvalue weighted by atomic mass is 9.85. The van der Waals surface area contributed by atoms with Crippen molar-refractivity contribution < 1.29 is 18.4 Å². The Morgan fingerprint density at radius 1 is 0.794 bits per heavy atom. The van der Waals surface area contributed by atoms with Gasteiger partial charge in [0.2, 0.25) is 0 Å². The maximum Gasteiger partial charge on any atom is 0.192 e. The molecule has 0 saturated heterocycles. The van der Waals surface area contributed by atoms with Crippen molar-refractivity contribution in [1.82, 2.24) is 0 Å². The molecule has 1 rings (SSSR count). The van der Waals surface area contributed by atoms with Crippen molar-refractivity contribution >= 4 is 28.7 Å². The predicted molar refractivity (Wildman–Crippen MR) is 149 cm³/mol. The minimum absolute atomic E-state index is 0.160. The first-order valence-corrected chi connectivity index (χ1v) is 19.5. The highest BCUT2D eigenvalue weighted by Crippen LogP contribution is 2.48. The summed E-state index contributed by atoms with van der Waals surface area (Å²) in [6, 6.07) is 0. The molecule has 34 heavy (non-hydrogen) atoms. The molecule has 0 N–H and O–H groups in total. The van der Waals surface area contributed by atoms with Gasteiger partial charge in [-0.25, -0.2) is 0 Å². The molecule has 0 radical (unpaired) electrons. The smallest absolute Gasteiger partial charge is 0.192 e. The third-order valence-electron chi connectivity index (χ3n) is 8.91. The summed E-state index contributed by atoms with van der Waals surface area (Å²) in [6.07, 6.45) is 10.2. The number of rotatable bonds is 14. The van der Waals surface area contributed by atoms with Crippen LogP contribution in [0.15, 0.2) is 0 Å². The van der Waals surface area contributed by atoms with Crippen molar-refractivity contribution in [3.63, 3.8) is 0 Å². The molecule has 0 heterocycles. The van der Waals surface area contributed by atoms with Crippen LogP contribution in [0.25, 0.3) is 0 Å². The van der Waals surface area contributed by atoms with E-state index in [-0.39, 0.29) is 28.1 Å². The van der Waals surface area contributed by atoms with E-state index in [1.807, 2.05) is 0 Å². The van der Waals surface area contributed by atoms with Crippen LogP contribution in [0.1, 0.15) is 106 Å². The molecule has 0 aromatic carbocycles. The molecule has 1 aliphatic carbocycles. The molecular formula is C28H56O4Si2. The van der Waals surface area contributed by atoms with Gasteiger partial charge in [-0.05, 0) is 80.7 Å². The van der Waals surface area contributed by atoms with Gasteiger partial charge in [0.05, 0.1) is 12.2 Å². The third kappa shape index (κ3) is 9.29. The van der Waals surface area contributed by atoms with Crippen LogP contribution in [-0.2, 0) is 18.4 Å². The van der Waals surface area contributed by atoms with E-state index in [0.29, 0.717) is 24.7 Å². The van der Waals surface area contributed by atoms with Crippen LogP contribution < -0.4 is 0 Å². The molecule has 1 unspecified atom stereocenters. The zero-order valence-electron chi connectivity index (χ0n) is 24.4. The van der Waals surface area contributed by atoms with Crippen molar-refractivity contribution in [2.75, 3.05) is 0 Å². The maximum atomic E-state index is 11.4. The zero-order valence-corrected chi connectivity index (χ0v) is 26.4. The van der Waals surface area contributed by atoms with Crippen LogP contribution in [0, 0.1) is 11.8 Å². The van der Waals surface area contributed by atoms with Crippen LogP contribution in [0.2, 0.25) is 36.3 Å². The summed E-state index contributed by atoms with van der Waals surface area (Å²) in [7, 11) is -3.85. The number of aldehydes is 1. The molecule has 6 heteroatoms. The summed E-state index contributed by atoms with van der Waals surface area (Å²) < 4.78 is 14.1. The fraction of sp³-hybridized carbons (Fsp3) is 0.929. The fourth-order valence-electron chi connectivity index (χ4n) is 4.68. The maximum absolute atomic E-state index is 11.4. The topological polar surface area (TPSA) is 52.6 Å². The minimum Gasteiger partial charge on any atom is -0.414 e. The Morgan fingerprint density at radius 3 is 1.65 bits per heavy atom. The quantitative estimate of drug-likeness (QED) is 0.133. The highest BCUT2D eigenvalue weighted by atomic mass is 28.4. The molecule has 1 aliphatic rings. The van der Waals surface area contributed by atoms with E-state index in [9.17, 15) is 9.59 Å². The average Bonchev–Trinajstić information content (AvgIpc) is 2.95.